The predicted molar refractivity (Wildman–Crippen MR) is 119 cm³/mol. The Labute approximate surface area is 172 Å². The van der Waals surface area contributed by atoms with E-state index in [1.54, 1.807) is 25.3 Å². The molecule has 29 heavy (non-hydrogen) atoms. The van der Waals surface area contributed by atoms with Gasteiger partial charge in [-0.15, -0.1) is 0 Å². The summed E-state index contributed by atoms with van der Waals surface area (Å²) in [5.74, 6) is 1.27. The summed E-state index contributed by atoms with van der Waals surface area (Å²) in [5.41, 5.74) is 4.65. The average Bonchev–Trinajstić information content (AvgIpc) is 2.66. The monoisotopic (exact) mass is 395 g/mol. The highest BCUT2D eigenvalue weighted by molar-refractivity contribution is 5.90. The maximum absolute atomic E-state index is 11.3. The number of anilines is 1. The summed E-state index contributed by atoms with van der Waals surface area (Å²) in [4.78, 5) is 11.3. The Morgan fingerprint density at radius 3 is 2.48 bits per heavy atom. The van der Waals surface area contributed by atoms with Gasteiger partial charge in [0.05, 0.1) is 19.4 Å². The number of nitrogens with one attached hydrogen (secondary N) is 1. The first kappa shape index (κ1) is 22.1. The summed E-state index contributed by atoms with van der Waals surface area (Å²) in [6, 6.07) is 8.94. The molecular weight excluding hydrogens is 366 g/mol. The molecule has 5 nitrogen and oxygen atoms in total. The van der Waals surface area contributed by atoms with Crippen molar-refractivity contribution >= 4 is 23.7 Å². The first-order chi connectivity index (χ1) is 13.8. The van der Waals surface area contributed by atoms with E-state index in [-0.39, 0.29) is 11.7 Å². The number of hydrogen-bond acceptors (Lipinski definition) is 4. The van der Waals surface area contributed by atoms with E-state index in [1.165, 1.54) is 12.5 Å². The summed E-state index contributed by atoms with van der Waals surface area (Å²) < 4.78 is 11.1. The van der Waals surface area contributed by atoms with Crippen molar-refractivity contribution in [1.29, 1.82) is 0 Å². The fourth-order valence-corrected chi connectivity index (χ4v) is 2.90. The van der Waals surface area contributed by atoms with Crippen molar-refractivity contribution in [2.45, 2.75) is 34.1 Å². The van der Waals surface area contributed by atoms with Crippen LogP contribution < -0.4 is 14.8 Å². The molecule has 2 aromatic carbocycles. The number of methoxy groups -OCH3 is 1. The lowest BCUT2D eigenvalue weighted by Gasteiger charge is -2.13. The summed E-state index contributed by atoms with van der Waals surface area (Å²) in [7, 11) is 1.56. The fourth-order valence-electron chi connectivity index (χ4n) is 2.90. The van der Waals surface area contributed by atoms with Crippen LogP contribution in [0.15, 0.2) is 42.0 Å². The van der Waals surface area contributed by atoms with Gasteiger partial charge in [-0.25, -0.2) is 0 Å². The number of rotatable bonds is 8. The van der Waals surface area contributed by atoms with Crippen LogP contribution in [0.4, 0.5) is 5.69 Å². The largest absolute Gasteiger partial charge is 0.508 e. The lowest BCUT2D eigenvalue weighted by atomic mass is 10.00. The molecule has 2 N–H and O–H groups in total. The van der Waals surface area contributed by atoms with Gasteiger partial charge >= 0.3 is 0 Å². The van der Waals surface area contributed by atoms with E-state index < -0.39 is 0 Å². The molecule has 0 bridgehead atoms. The third-order valence-corrected chi connectivity index (χ3v) is 4.23. The van der Waals surface area contributed by atoms with Gasteiger partial charge in [-0.2, -0.15) is 0 Å². The lowest BCUT2D eigenvalue weighted by Crippen LogP contribution is -2.07. The Balaban J connectivity index is 2.42. The molecule has 0 saturated heterocycles. The summed E-state index contributed by atoms with van der Waals surface area (Å²) >= 11 is 0. The van der Waals surface area contributed by atoms with E-state index in [4.69, 9.17) is 9.47 Å². The summed E-state index contributed by atoms with van der Waals surface area (Å²) in [6.07, 6.45) is 6.74. The Morgan fingerprint density at radius 1 is 1.10 bits per heavy atom. The molecule has 154 valence electrons. The molecule has 0 spiro atoms. The van der Waals surface area contributed by atoms with Gasteiger partial charge in [0.15, 0.2) is 0 Å². The van der Waals surface area contributed by atoms with Gasteiger partial charge in [-0.3, -0.25) is 4.79 Å². The first-order valence-corrected chi connectivity index (χ1v) is 9.59. The van der Waals surface area contributed by atoms with Crippen LogP contribution in [-0.2, 0) is 11.2 Å². The molecule has 0 heterocycles. The number of phenols is 1. The Hall–Kier alpha value is -3.21. The predicted octanol–water partition coefficient (Wildman–Crippen LogP) is 5.44. The third kappa shape index (κ3) is 6.42. The highest BCUT2D eigenvalue weighted by atomic mass is 16.5. The quantitative estimate of drug-likeness (QED) is 0.461. The van der Waals surface area contributed by atoms with Crippen molar-refractivity contribution < 1.29 is 19.4 Å². The van der Waals surface area contributed by atoms with Crippen molar-refractivity contribution in [3.63, 3.8) is 0 Å². The van der Waals surface area contributed by atoms with Crippen molar-refractivity contribution in [3.8, 4) is 17.2 Å². The van der Waals surface area contributed by atoms with Crippen molar-refractivity contribution in [3.05, 3.63) is 58.7 Å². The van der Waals surface area contributed by atoms with Crippen LogP contribution in [0.1, 0.15) is 44.4 Å². The van der Waals surface area contributed by atoms with E-state index >= 15 is 0 Å². The third-order valence-electron chi connectivity index (χ3n) is 4.23. The van der Waals surface area contributed by atoms with Gasteiger partial charge in [0.25, 0.3) is 0 Å². The number of aromatic hydroxyl groups is 1. The van der Waals surface area contributed by atoms with Gasteiger partial charge in [0, 0.05) is 18.6 Å². The zero-order valence-corrected chi connectivity index (χ0v) is 17.7. The van der Waals surface area contributed by atoms with Crippen LogP contribution in [-0.4, -0.2) is 24.7 Å². The van der Waals surface area contributed by atoms with E-state index in [0.717, 1.165) is 16.7 Å². The number of benzene rings is 2. The molecule has 0 saturated carbocycles. The molecule has 1 amide bonds. The van der Waals surface area contributed by atoms with Crippen molar-refractivity contribution in [2.24, 2.45) is 0 Å². The van der Waals surface area contributed by atoms with Gasteiger partial charge < -0.3 is 19.9 Å². The van der Waals surface area contributed by atoms with Gasteiger partial charge in [-0.05, 0) is 56.5 Å². The minimum atomic E-state index is -0.154. The zero-order chi connectivity index (χ0) is 21.4. The molecule has 0 radical (unpaired) electrons. The molecule has 2 aromatic rings. The molecule has 0 fully saturated rings. The number of ether oxygens (including phenoxy) is 2. The standard InChI is InChI=1S/C24H29NO4/c1-6-29-23-15-20(27)14-19(21(23)11-7-16(2)3)10-8-18-9-12-22(25-17(4)26)24(13-18)28-5/h7-10,12-15,27H,6,11H2,1-5H3,(H,25,26). The van der Waals surface area contributed by atoms with E-state index in [9.17, 15) is 9.90 Å². The van der Waals surface area contributed by atoms with E-state index in [2.05, 4.69) is 25.2 Å². The average molecular weight is 395 g/mol. The lowest BCUT2D eigenvalue weighted by molar-refractivity contribution is -0.114. The number of carbonyl (C=O) groups is 1. The van der Waals surface area contributed by atoms with Crippen LogP contribution in [0.2, 0.25) is 0 Å². The molecule has 5 heteroatoms. The molecule has 2 rings (SSSR count). The molecular formula is C24H29NO4. The molecule has 0 aromatic heterocycles. The molecule has 0 aliphatic carbocycles. The Bertz CT molecular complexity index is 925. The number of allylic oxidation sites excluding steroid dienone is 2. The second-order valence-electron chi connectivity index (χ2n) is 6.90. The maximum atomic E-state index is 11.3. The topological polar surface area (TPSA) is 67.8 Å². The van der Waals surface area contributed by atoms with Crippen LogP contribution in [0.5, 0.6) is 17.2 Å². The summed E-state index contributed by atoms with van der Waals surface area (Å²) in [5, 5.41) is 12.9. The number of hydrogen-bond donors (Lipinski definition) is 2. The first-order valence-electron chi connectivity index (χ1n) is 9.59. The van der Waals surface area contributed by atoms with Crippen LogP contribution in [0.3, 0.4) is 0 Å². The fraction of sp³-hybridized carbons (Fsp3) is 0.292. The van der Waals surface area contributed by atoms with Gasteiger partial charge in [-0.1, -0.05) is 29.9 Å². The highest BCUT2D eigenvalue weighted by Gasteiger charge is 2.10. The van der Waals surface area contributed by atoms with E-state index in [0.29, 0.717) is 30.2 Å². The van der Waals surface area contributed by atoms with E-state index in [1.807, 2.05) is 31.2 Å². The normalized spacial score (nSPS) is 10.7. The zero-order valence-electron chi connectivity index (χ0n) is 17.7. The molecule has 0 aliphatic rings. The second kappa shape index (κ2) is 10.4. The van der Waals surface area contributed by atoms with Crippen LogP contribution in [0, 0.1) is 0 Å². The minimum Gasteiger partial charge on any atom is -0.508 e. The van der Waals surface area contributed by atoms with Crippen molar-refractivity contribution in [2.75, 3.05) is 19.0 Å². The van der Waals surface area contributed by atoms with Crippen LogP contribution in [0.25, 0.3) is 12.2 Å². The number of carbonyl (C=O) groups excluding carboxylic acids is 1. The Kier molecular flexibility index (Phi) is 7.89. The minimum absolute atomic E-state index is 0.154. The molecule has 0 atom stereocenters. The van der Waals surface area contributed by atoms with Gasteiger partial charge in [0.1, 0.15) is 17.2 Å². The SMILES string of the molecule is CCOc1cc(O)cc(C=Cc2ccc(NC(C)=O)c(OC)c2)c1CC=C(C)C. The van der Waals surface area contributed by atoms with Crippen LogP contribution >= 0.6 is 0 Å². The maximum Gasteiger partial charge on any atom is 0.221 e. The number of phenolic OH excluding ortho intramolecular Hbond substituents is 1. The number of amides is 1. The van der Waals surface area contributed by atoms with Crippen molar-refractivity contribution in [1.82, 2.24) is 0 Å². The highest BCUT2D eigenvalue weighted by Crippen LogP contribution is 2.32. The smallest absolute Gasteiger partial charge is 0.221 e. The molecule has 0 aliphatic heterocycles. The van der Waals surface area contributed by atoms with Gasteiger partial charge in [0.2, 0.25) is 5.91 Å². The second-order valence-corrected chi connectivity index (χ2v) is 6.90. The Morgan fingerprint density at radius 2 is 1.86 bits per heavy atom. The molecule has 0 unspecified atom stereocenters. The summed E-state index contributed by atoms with van der Waals surface area (Å²) in [6.45, 7) is 8.01.